The van der Waals surface area contributed by atoms with Gasteiger partial charge in [-0.05, 0) is 44.0 Å². The third-order valence-electron chi connectivity index (χ3n) is 5.52. The summed E-state index contributed by atoms with van der Waals surface area (Å²) in [4.78, 5) is 19.3. The first-order valence-electron chi connectivity index (χ1n) is 10.2. The second kappa shape index (κ2) is 8.75. The van der Waals surface area contributed by atoms with Crippen molar-refractivity contribution >= 4 is 17.3 Å². The molecule has 0 unspecified atom stereocenters. The van der Waals surface area contributed by atoms with Gasteiger partial charge in [-0.25, -0.2) is 0 Å². The van der Waals surface area contributed by atoms with Crippen LogP contribution in [0, 0.1) is 6.92 Å². The lowest BCUT2D eigenvalue weighted by Crippen LogP contribution is -2.48. The van der Waals surface area contributed by atoms with Gasteiger partial charge < -0.3 is 14.7 Å². The van der Waals surface area contributed by atoms with Crippen molar-refractivity contribution in [1.29, 1.82) is 0 Å². The summed E-state index contributed by atoms with van der Waals surface area (Å²) in [5.74, 6) is 0.897. The predicted molar refractivity (Wildman–Crippen MR) is 109 cm³/mol. The van der Waals surface area contributed by atoms with Crippen LogP contribution in [0.1, 0.15) is 24.3 Å². The molecular weight excluding hydrogens is 354 g/mol. The fraction of sp³-hybridized carbons (Fsp3) is 0.524. The highest BCUT2D eigenvalue weighted by atomic mass is 16.5. The third kappa shape index (κ3) is 4.91. The van der Waals surface area contributed by atoms with Gasteiger partial charge in [0.15, 0.2) is 0 Å². The third-order valence-corrected chi connectivity index (χ3v) is 5.52. The number of carbonyl (C=O) groups is 1. The molecule has 0 radical (unpaired) electrons. The molecule has 0 spiro atoms. The first-order chi connectivity index (χ1) is 13.7. The van der Waals surface area contributed by atoms with E-state index in [2.05, 4.69) is 37.3 Å². The van der Waals surface area contributed by atoms with Crippen LogP contribution in [0.4, 0.5) is 11.4 Å². The van der Waals surface area contributed by atoms with E-state index in [0.29, 0.717) is 6.54 Å². The maximum atomic E-state index is 12.4. The smallest absolute Gasteiger partial charge is 0.238 e. The lowest BCUT2D eigenvalue weighted by atomic mass is 10.2. The van der Waals surface area contributed by atoms with Crippen LogP contribution in [0.3, 0.4) is 0 Å². The highest BCUT2D eigenvalue weighted by molar-refractivity contribution is 5.92. The van der Waals surface area contributed by atoms with Gasteiger partial charge in [-0.15, -0.1) is 0 Å². The summed E-state index contributed by atoms with van der Waals surface area (Å²) < 4.78 is 5.13. The number of nitrogens with zero attached hydrogens (tertiary/aromatic N) is 4. The molecule has 2 aliphatic heterocycles. The summed E-state index contributed by atoms with van der Waals surface area (Å²) in [5, 5.41) is 7.08. The van der Waals surface area contributed by atoms with E-state index >= 15 is 0 Å². The molecule has 1 aromatic carbocycles. The van der Waals surface area contributed by atoms with Crippen molar-refractivity contribution in [2.24, 2.45) is 0 Å². The molecule has 1 N–H and O–H groups in total. The van der Waals surface area contributed by atoms with Gasteiger partial charge in [0.2, 0.25) is 5.91 Å². The number of rotatable bonds is 6. The molecule has 28 heavy (non-hydrogen) atoms. The second-order valence-electron chi connectivity index (χ2n) is 7.77. The van der Waals surface area contributed by atoms with Crippen LogP contribution in [-0.2, 0) is 11.3 Å². The van der Waals surface area contributed by atoms with Crippen molar-refractivity contribution in [3.05, 3.63) is 41.8 Å². The SMILES string of the molecule is Cc1cc(CN2CCN(CC(=O)Nc3ccc(N4CCCC4)cc3)CC2)no1. The lowest BCUT2D eigenvalue weighted by Gasteiger charge is -2.33. The molecule has 7 heteroatoms. The Hall–Kier alpha value is -2.38. The summed E-state index contributed by atoms with van der Waals surface area (Å²) in [6.07, 6.45) is 2.54. The van der Waals surface area contributed by atoms with Crippen molar-refractivity contribution in [2.45, 2.75) is 26.3 Å². The van der Waals surface area contributed by atoms with E-state index in [1.165, 1.54) is 18.5 Å². The molecule has 7 nitrogen and oxygen atoms in total. The quantitative estimate of drug-likeness (QED) is 0.826. The van der Waals surface area contributed by atoms with Crippen LogP contribution in [0.15, 0.2) is 34.9 Å². The zero-order chi connectivity index (χ0) is 19.3. The summed E-state index contributed by atoms with van der Waals surface area (Å²) in [7, 11) is 0. The number of aromatic nitrogens is 1. The Balaban J connectivity index is 1.20. The molecule has 150 valence electrons. The number of carbonyl (C=O) groups excluding carboxylic acids is 1. The van der Waals surface area contributed by atoms with E-state index in [1.54, 1.807) is 0 Å². The van der Waals surface area contributed by atoms with Crippen LogP contribution in [0.5, 0.6) is 0 Å². The van der Waals surface area contributed by atoms with Crippen LogP contribution in [0.2, 0.25) is 0 Å². The fourth-order valence-electron chi connectivity index (χ4n) is 3.96. The van der Waals surface area contributed by atoms with Crippen molar-refractivity contribution < 1.29 is 9.32 Å². The Morgan fingerprint density at radius 2 is 1.71 bits per heavy atom. The van der Waals surface area contributed by atoms with Crippen molar-refractivity contribution in [3.8, 4) is 0 Å². The van der Waals surface area contributed by atoms with E-state index < -0.39 is 0 Å². The molecule has 0 saturated carbocycles. The van der Waals surface area contributed by atoms with Crippen molar-refractivity contribution in [3.63, 3.8) is 0 Å². The summed E-state index contributed by atoms with van der Waals surface area (Å²) in [6.45, 7) is 9.06. The Bertz CT molecular complexity index is 774. The fourth-order valence-corrected chi connectivity index (χ4v) is 3.96. The van der Waals surface area contributed by atoms with E-state index in [9.17, 15) is 4.79 Å². The number of piperazine rings is 1. The zero-order valence-electron chi connectivity index (χ0n) is 16.6. The highest BCUT2D eigenvalue weighted by Crippen LogP contribution is 2.22. The van der Waals surface area contributed by atoms with E-state index in [1.807, 2.05) is 25.1 Å². The molecule has 1 amide bonds. The lowest BCUT2D eigenvalue weighted by molar-refractivity contribution is -0.117. The maximum Gasteiger partial charge on any atom is 0.238 e. The Morgan fingerprint density at radius 3 is 2.36 bits per heavy atom. The molecular formula is C21H29N5O2. The second-order valence-corrected chi connectivity index (χ2v) is 7.77. The molecule has 2 fully saturated rings. The molecule has 0 bridgehead atoms. The van der Waals surface area contributed by atoms with Gasteiger partial charge in [0.05, 0.1) is 12.2 Å². The molecule has 3 heterocycles. The summed E-state index contributed by atoms with van der Waals surface area (Å²) in [5.41, 5.74) is 3.09. The predicted octanol–water partition coefficient (Wildman–Crippen LogP) is 2.34. The van der Waals surface area contributed by atoms with Gasteiger partial charge in [-0.2, -0.15) is 0 Å². The molecule has 2 aromatic rings. The number of anilines is 2. The molecule has 0 atom stereocenters. The average Bonchev–Trinajstić information content (AvgIpc) is 3.36. The van der Waals surface area contributed by atoms with Crippen LogP contribution in [-0.4, -0.2) is 66.7 Å². The average molecular weight is 383 g/mol. The Labute approximate surface area is 166 Å². The summed E-state index contributed by atoms with van der Waals surface area (Å²) in [6, 6.07) is 10.2. The number of hydrogen-bond donors (Lipinski definition) is 1. The number of benzene rings is 1. The van der Waals surface area contributed by atoms with Gasteiger partial charge in [0, 0.05) is 63.3 Å². The molecule has 2 saturated heterocycles. The van der Waals surface area contributed by atoms with Crippen LogP contribution < -0.4 is 10.2 Å². The maximum absolute atomic E-state index is 12.4. The number of nitrogens with one attached hydrogen (secondary N) is 1. The Kier molecular flexibility index (Phi) is 5.92. The normalized spacial score (nSPS) is 18.5. The van der Waals surface area contributed by atoms with Gasteiger partial charge >= 0.3 is 0 Å². The monoisotopic (exact) mass is 383 g/mol. The van der Waals surface area contributed by atoms with E-state index in [4.69, 9.17) is 4.52 Å². The topological polar surface area (TPSA) is 64.8 Å². The molecule has 2 aliphatic rings. The first-order valence-corrected chi connectivity index (χ1v) is 10.2. The summed E-state index contributed by atoms with van der Waals surface area (Å²) >= 11 is 0. The van der Waals surface area contributed by atoms with Crippen molar-refractivity contribution in [1.82, 2.24) is 15.0 Å². The minimum atomic E-state index is 0.0505. The minimum Gasteiger partial charge on any atom is -0.372 e. The van der Waals surface area contributed by atoms with Crippen LogP contribution >= 0.6 is 0 Å². The standard InChI is InChI=1S/C21H29N5O2/c1-17-14-19(23-28-17)15-24-10-12-25(13-11-24)16-21(27)22-18-4-6-20(7-5-18)26-8-2-3-9-26/h4-7,14H,2-3,8-13,15-16H2,1H3,(H,22,27). The van der Waals surface area contributed by atoms with E-state index in [-0.39, 0.29) is 5.91 Å². The van der Waals surface area contributed by atoms with Gasteiger partial charge in [-0.1, -0.05) is 5.16 Å². The van der Waals surface area contributed by atoms with Crippen LogP contribution in [0.25, 0.3) is 0 Å². The van der Waals surface area contributed by atoms with E-state index in [0.717, 1.165) is 63.0 Å². The first kappa shape index (κ1) is 19.0. The van der Waals surface area contributed by atoms with Crippen molar-refractivity contribution in [2.75, 3.05) is 56.0 Å². The minimum absolute atomic E-state index is 0.0505. The molecule has 1 aromatic heterocycles. The Morgan fingerprint density at radius 1 is 1.04 bits per heavy atom. The molecule has 4 rings (SSSR count). The highest BCUT2D eigenvalue weighted by Gasteiger charge is 2.20. The number of aryl methyl sites for hydroxylation is 1. The number of hydrogen-bond acceptors (Lipinski definition) is 6. The van der Waals surface area contributed by atoms with Gasteiger partial charge in [0.25, 0.3) is 0 Å². The number of amides is 1. The largest absolute Gasteiger partial charge is 0.372 e. The zero-order valence-corrected chi connectivity index (χ0v) is 16.6. The van der Waals surface area contributed by atoms with Gasteiger partial charge in [0.1, 0.15) is 5.76 Å². The molecule has 0 aliphatic carbocycles. The van der Waals surface area contributed by atoms with Gasteiger partial charge in [-0.3, -0.25) is 14.6 Å².